The van der Waals surface area contributed by atoms with E-state index in [0.717, 1.165) is 21.9 Å². The molecule has 3 aromatic rings. The van der Waals surface area contributed by atoms with Gasteiger partial charge in [0.25, 0.3) is 0 Å². The SMILES string of the molecule is COc1ccc2ccccc2c1[C@@H]1NN=C(c2ccc(C)cc2)S1. The minimum Gasteiger partial charge on any atom is -0.496 e. The molecule has 1 aliphatic heterocycles. The molecule has 0 saturated heterocycles. The summed E-state index contributed by atoms with van der Waals surface area (Å²) < 4.78 is 5.62. The minimum atomic E-state index is 0.0438. The zero-order chi connectivity index (χ0) is 16.5. The maximum atomic E-state index is 5.62. The number of ether oxygens (including phenoxy) is 1. The van der Waals surface area contributed by atoms with Gasteiger partial charge in [0.05, 0.1) is 7.11 Å². The van der Waals surface area contributed by atoms with Crippen molar-refractivity contribution in [3.05, 3.63) is 77.4 Å². The fourth-order valence-corrected chi connectivity index (χ4v) is 4.03. The topological polar surface area (TPSA) is 33.6 Å². The number of hydrazone groups is 1. The Balaban J connectivity index is 1.71. The smallest absolute Gasteiger partial charge is 0.126 e. The van der Waals surface area contributed by atoms with Crippen LogP contribution >= 0.6 is 11.8 Å². The van der Waals surface area contributed by atoms with Crippen molar-refractivity contribution in [3.8, 4) is 5.75 Å². The summed E-state index contributed by atoms with van der Waals surface area (Å²) in [4.78, 5) is 0. The van der Waals surface area contributed by atoms with Crippen molar-refractivity contribution < 1.29 is 4.74 Å². The minimum absolute atomic E-state index is 0.0438. The van der Waals surface area contributed by atoms with Crippen LogP contribution in [0.15, 0.2) is 65.8 Å². The van der Waals surface area contributed by atoms with E-state index < -0.39 is 0 Å². The highest BCUT2D eigenvalue weighted by Crippen LogP contribution is 2.42. The van der Waals surface area contributed by atoms with E-state index in [0.29, 0.717) is 0 Å². The summed E-state index contributed by atoms with van der Waals surface area (Å²) in [5, 5.41) is 8.01. The van der Waals surface area contributed by atoms with Crippen LogP contribution in [0, 0.1) is 6.92 Å². The molecule has 120 valence electrons. The molecule has 3 nitrogen and oxygen atoms in total. The molecule has 0 aromatic heterocycles. The highest BCUT2D eigenvalue weighted by Gasteiger charge is 2.26. The zero-order valence-electron chi connectivity index (χ0n) is 13.6. The maximum Gasteiger partial charge on any atom is 0.126 e. The number of rotatable bonds is 3. The number of fused-ring (bicyclic) bond motifs is 1. The van der Waals surface area contributed by atoms with E-state index >= 15 is 0 Å². The van der Waals surface area contributed by atoms with Gasteiger partial charge in [-0.15, -0.1) is 0 Å². The van der Waals surface area contributed by atoms with Crippen molar-refractivity contribution in [1.82, 2.24) is 5.43 Å². The Morgan fingerprint density at radius 2 is 1.79 bits per heavy atom. The first-order chi connectivity index (χ1) is 11.8. The number of nitrogens with one attached hydrogen (secondary N) is 1. The number of methoxy groups -OCH3 is 1. The van der Waals surface area contributed by atoms with Crippen LogP contribution in [0.3, 0.4) is 0 Å². The molecule has 0 radical (unpaired) electrons. The summed E-state index contributed by atoms with van der Waals surface area (Å²) in [7, 11) is 1.72. The Labute approximate surface area is 145 Å². The highest BCUT2D eigenvalue weighted by molar-refractivity contribution is 8.14. The quantitative estimate of drug-likeness (QED) is 0.743. The number of aryl methyl sites for hydroxylation is 1. The molecule has 4 heteroatoms. The first-order valence-corrected chi connectivity index (χ1v) is 8.77. The van der Waals surface area contributed by atoms with Gasteiger partial charge in [0.15, 0.2) is 0 Å². The predicted octanol–water partition coefficient (Wildman–Crippen LogP) is 4.85. The van der Waals surface area contributed by atoms with Crippen LogP contribution in [-0.4, -0.2) is 12.2 Å². The van der Waals surface area contributed by atoms with Crippen molar-refractivity contribution in [3.63, 3.8) is 0 Å². The Kier molecular flexibility index (Phi) is 3.90. The average molecular weight is 334 g/mol. The molecule has 3 aromatic carbocycles. The lowest BCUT2D eigenvalue weighted by Gasteiger charge is -2.17. The van der Waals surface area contributed by atoms with E-state index in [1.807, 2.05) is 6.07 Å². The van der Waals surface area contributed by atoms with Gasteiger partial charge in [-0.05, 0) is 23.8 Å². The van der Waals surface area contributed by atoms with E-state index in [2.05, 4.69) is 72.0 Å². The third kappa shape index (κ3) is 2.63. The number of benzene rings is 3. The highest BCUT2D eigenvalue weighted by atomic mass is 32.2. The number of thioether (sulfide) groups is 1. The third-order valence-corrected chi connectivity index (χ3v) is 5.35. The van der Waals surface area contributed by atoms with Crippen LogP contribution in [0.5, 0.6) is 5.75 Å². The van der Waals surface area contributed by atoms with Crippen molar-refractivity contribution in [2.45, 2.75) is 12.3 Å². The van der Waals surface area contributed by atoms with E-state index in [1.54, 1.807) is 18.9 Å². The molecule has 0 amide bonds. The molecule has 1 aliphatic rings. The van der Waals surface area contributed by atoms with Crippen LogP contribution in [0.2, 0.25) is 0 Å². The third-order valence-electron chi connectivity index (χ3n) is 4.22. The molecular formula is C20H18N2OS. The molecule has 4 rings (SSSR count). The van der Waals surface area contributed by atoms with Crippen molar-refractivity contribution in [2.75, 3.05) is 7.11 Å². The Bertz CT molecular complexity index is 919. The molecule has 0 saturated carbocycles. The van der Waals surface area contributed by atoms with Crippen molar-refractivity contribution in [2.24, 2.45) is 5.10 Å². The molecule has 1 atom stereocenters. The molecule has 0 bridgehead atoms. The van der Waals surface area contributed by atoms with Crippen molar-refractivity contribution >= 4 is 27.6 Å². The van der Waals surface area contributed by atoms with E-state index in [9.17, 15) is 0 Å². The zero-order valence-corrected chi connectivity index (χ0v) is 14.4. The van der Waals surface area contributed by atoms with Gasteiger partial charge in [-0.3, -0.25) is 5.43 Å². The Morgan fingerprint density at radius 3 is 2.58 bits per heavy atom. The standard InChI is InChI=1S/C20H18N2OS/c1-13-7-9-15(10-8-13)19-21-22-20(24-19)18-16-6-4-3-5-14(16)11-12-17(18)23-2/h3-12,20,22H,1-2H3/t20-/m1/s1. The van der Waals surface area contributed by atoms with Gasteiger partial charge in [-0.2, -0.15) is 5.10 Å². The van der Waals surface area contributed by atoms with E-state index in [1.165, 1.54) is 16.3 Å². The monoisotopic (exact) mass is 334 g/mol. The summed E-state index contributed by atoms with van der Waals surface area (Å²) in [6.45, 7) is 2.09. The first kappa shape index (κ1) is 15.1. The lowest BCUT2D eigenvalue weighted by Crippen LogP contribution is -2.09. The molecule has 0 unspecified atom stereocenters. The second-order valence-electron chi connectivity index (χ2n) is 5.81. The number of hydrogen-bond acceptors (Lipinski definition) is 4. The van der Waals surface area contributed by atoms with E-state index in [4.69, 9.17) is 4.74 Å². The molecule has 1 heterocycles. The summed E-state index contributed by atoms with van der Waals surface area (Å²) in [6.07, 6.45) is 0. The lowest BCUT2D eigenvalue weighted by atomic mass is 10.0. The van der Waals surface area contributed by atoms with Gasteiger partial charge < -0.3 is 4.74 Å². The number of hydrogen-bond donors (Lipinski definition) is 1. The Morgan fingerprint density at radius 1 is 1.00 bits per heavy atom. The van der Waals surface area contributed by atoms with Crippen LogP contribution in [0.4, 0.5) is 0 Å². The normalized spacial score (nSPS) is 16.8. The lowest BCUT2D eigenvalue weighted by molar-refractivity contribution is 0.409. The fourth-order valence-electron chi connectivity index (χ4n) is 2.96. The summed E-state index contributed by atoms with van der Waals surface area (Å²) in [5.74, 6) is 0.888. The van der Waals surface area contributed by atoms with Crippen LogP contribution in [-0.2, 0) is 0 Å². The average Bonchev–Trinajstić information content (AvgIpc) is 3.11. The fraction of sp³-hybridized carbons (Fsp3) is 0.150. The van der Waals surface area contributed by atoms with Gasteiger partial charge in [-0.1, -0.05) is 71.9 Å². The van der Waals surface area contributed by atoms with Gasteiger partial charge in [0.2, 0.25) is 0 Å². The van der Waals surface area contributed by atoms with Crippen LogP contribution < -0.4 is 10.2 Å². The molecule has 0 fully saturated rings. The summed E-state index contributed by atoms with van der Waals surface area (Å²) >= 11 is 1.73. The second kappa shape index (κ2) is 6.21. The molecular weight excluding hydrogens is 316 g/mol. The van der Waals surface area contributed by atoms with Gasteiger partial charge in [0, 0.05) is 11.1 Å². The molecule has 0 spiro atoms. The molecule has 24 heavy (non-hydrogen) atoms. The van der Waals surface area contributed by atoms with E-state index in [-0.39, 0.29) is 5.37 Å². The summed E-state index contributed by atoms with van der Waals surface area (Å²) in [5.41, 5.74) is 6.81. The largest absolute Gasteiger partial charge is 0.496 e. The van der Waals surface area contributed by atoms with Crippen LogP contribution in [0.25, 0.3) is 10.8 Å². The van der Waals surface area contributed by atoms with Crippen LogP contribution in [0.1, 0.15) is 22.1 Å². The number of nitrogens with zero attached hydrogens (tertiary/aromatic N) is 1. The Hall–Kier alpha value is -2.46. The summed E-state index contributed by atoms with van der Waals surface area (Å²) in [6, 6.07) is 21.0. The molecule has 1 N–H and O–H groups in total. The maximum absolute atomic E-state index is 5.62. The predicted molar refractivity (Wildman–Crippen MR) is 102 cm³/mol. The molecule has 0 aliphatic carbocycles. The van der Waals surface area contributed by atoms with Gasteiger partial charge >= 0.3 is 0 Å². The van der Waals surface area contributed by atoms with Gasteiger partial charge in [-0.25, -0.2) is 0 Å². The van der Waals surface area contributed by atoms with Crippen molar-refractivity contribution in [1.29, 1.82) is 0 Å². The second-order valence-corrected chi connectivity index (χ2v) is 6.91. The first-order valence-electron chi connectivity index (χ1n) is 7.89. The van der Waals surface area contributed by atoms with Gasteiger partial charge in [0.1, 0.15) is 16.2 Å².